The lowest BCUT2D eigenvalue weighted by atomic mass is 10.4. The van der Waals surface area contributed by atoms with Crippen molar-refractivity contribution in [2.45, 2.75) is 13.3 Å². The standard InChI is InChI=1S/C11H15N3O4/c1-8-5-10(13-18-8)17-7-11(16)14-4-2-3-12-9(15)6-14/h5H,2-4,6-7H2,1H3,(H,12,15). The van der Waals surface area contributed by atoms with Crippen LogP contribution in [-0.4, -0.2) is 48.1 Å². The molecule has 1 fully saturated rings. The fraction of sp³-hybridized carbons (Fsp3) is 0.545. The van der Waals surface area contributed by atoms with Gasteiger partial charge in [0.15, 0.2) is 6.61 Å². The Morgan fingerprint density at radius 3 is 3.22 bits per heavy atom. The zero-order chi connectivity index (χ0) is 13.0. The second kappa shape index (κ2) is 5.52. The number of carbonyl (C=O) groups is 2. The summed E-state index contributed by atoms with van der Waals surface area (Å²) in [7, 11) is 0. The zero-order valence-corrected chi connectivity index (χ0v) is 10.1. The third kappa shape index (κ3) is 3.22. The van der Waals surface area contributed by atoms with Crippen molar-refractivity contribution < 1.29 is 18.8 Å². The molecule has 2 heterocycles. The van der Waals surface area contributed by atoms with Crippen molar-refractivity contribution in [2.75, 3.05) is 26.2 Å². The van der Waals surface area contributed by atoms with Crippen LogP contribution in [0.5, 0.6) is 5.88 Å². The minimum Gasteiger partial charge on any atom is -0.465 e. The highest BCUT2D eigenvalue weighted by Crippen LogP contribution is 2.10. The van der Waals surface area contributed by atoms with E-state index < -0.39 is 0 Å². The van der Waals surface area contributed by atoms with Crippen LogP contribution >= 0.6 is 0 Å². The number of ether oxygens (including phenoxy) is 1. The van der Waals surface area contributed by atoms with E-state index in [0.29, 0.717) is 18.8 Å². The van der Waals surface area contributed by atoms with Crippen molar-refractivity contribution in [1.82, 2.24) is 15.4 Å². The van der Waals surface area contributed by atoms with Gasteiger partial charge in [0.05, 0.1) is 6.54 Å². The second-order valence-corrected chi connectivity index (χ2v) is 4.08. The Bertz CT molecular complexity index is 443. The molecule has 1 N–H and O–H groups in total. The van der Waals surface area contributed by atoms with Crippen LogP contribution in [0.2, 0.25) is 0 Å². The van der Waals surface area contributed by atoms with Gasteiger partial charge in [0, 0.05) is 19.2 Å². The van der Waals surface area contributed by atoms with Crippen LogP contribution in [0.1, 0.15) is 12.2 Å². The smallest absolute Gasteiger partial charge is 0.261 e. The average Bonchev–Trinajstić information content (AvgIpc) is 2.63. The first-order chi connectivity index (χ1) is 8.65. The molecule has 0 aromatic carbocycles. The van der Waals surface area contributed by atoms with Gasteiger partial charge in [0.1, 0.15) is 5.76 Å². The minimum absolute atomic E-state index is 0.0834. The lowest BCUT2D eigenvalue weighted by Gasteiger charge is -2.18. The molecule has 1 aromatic rings. The van der Waals surface area contributed by atoms with E-state index in [9.17, 15) is 9.59 Å². The van der Waals surface area contributed by atoms with E-state index in [-0.39, 0.29) is 30.8 Å². The quantitative estimate of drug-likeness (QED) is 0.800. The zero-order valence-electron chi connectivity index (χ0n) is 10.1. The van der Waals surface area contributed by atoms with Crippen LogP contribution in [0, 0.1) is 6.92 Å². The van der Waals surface area contributed by atoms with Gasteiger partial charge in [-0.1, -0.05) is 0 Å². The van der Waals surface area contributed by atoms with Gasteiger partial charge in [-0.15, -0.1) is 0 Å². The summed E-state index contributed by atoms with van der Waals surface area (Å²) in [6, 6.07) is 1.60. The fourth-order valence-corrected chi connectivity index (χ4v) is 1.66. The van der Waals surface area contributed by atoms with Crippen LogP contribution in [-0.2, 0) is 9.59 Å². The van der Waals surface area contributed by atoms with Crippen molar-refractivity contribution in [2.24, 2.45) is 0 Å². The Morgan fingerprint density at radius 2 is 2.50 bits per heavy atom. The summed E-state index contributed by atoms with van der Waals surface area (Å²) < 4.78 is 10.0. The van der Waals surface area contributed by atoms with Gasteiger partial charge in [-0.3, -0.25) is 9.59 Å². The number of hydrogen-bond acceptors (Lipinski definition) is 5. The van der Waals surface area contributed by atoms with Gasteiger partial charge in [0.25, 0.3) is 11.8 Å². The number of aromatic nitrogens is 1. The lowest BCUT2D eigenvalue weighted by molar-refractivity contribution is -0.136. The topological polar surface area (TPSA) is 84.7 Å². The highest BCUT2D eigenvalue weighted by Gasteiger charge is 2.20. The summed E-state index contributed by atoms with van der Waals surface area (Å²) in [5.74, 6) is 0.526. The third-order valence-electron chi connectivity index (χ3n) is 2.56. The van der Waals surface area contributed by atoms with E-state index in [4.69, 9.17) is 9.26 Å². The highest BCUT2D eigenvalue weighted by molar-refractivity contribution is 5.85. The van der Waals surface area contributed by atoms with E-state index >= 15 is 0 Å². The van der Waals surface area contributed by atoms with E-state index in [1.807, 2.05) is 0 Å². The molecular formula is C11H15N3O4. The van der Waals surface area contributed by atoms with Crippen molar-refractivity contribution >= 4 is 11.8 Å². The number of nitrogens with one attached hydrogen (secondary N) is 1. The summed E-state index contributed by atoms with van der Waals surface area (Å²) in [5.41, 5.74) is 0. The van der Waals surface area contributed by atoms with Gasteiger partial charge in [0.2, 0.25) is 5.91 Å². The largest absolute Gasteiger partial charge is 0.465 e. The molecule has 1 aliphatic heterocycles. The molecule has 0 radical (unpaired) electrons. The van der Waals surface area contributed by atoms with Gasteiger partial charge in [-0.2, -0.15) is 0 Å². The molecule has 0 bridgehead atoms. The number of aryl methyl sites for hydroxylation is 1. The maximum atomic E-state index is 11.8. The molecule has 0 spiro atoms. The summed E-state index contributed by atoms with van der Waals surface area (Å²) >= 11 is 0. The predicted octanol–water partition coefficient (Wildman–Crippen LogP) is -0.290. The number of carbonyl (C=O) groups excluding carboxylic acids is 2. The summed E-state index contributed by atoms with van der Waals surface area (Å²) in [6.45, 7) is 2.84. The normalized spacial score (nSPS) is 16.1. The Hall–Kier alpha value is -2.05. The highest BCUT2D eigenvalue weighted by atomic mass is 16.5. The maximum Gasteiger partial charge on any atom is 0.261 e. The summed E-state index contributed by atoms with van der Waals surface area (Å²) in [4.78, 5) is 24.6. The van der Waals surface area contributed by atoms with E-state index in [1.54, 1.807) is 13.0 Å². The molecule has 2 amide bonds. The molecule has 7 nitrogen and oxygen atoms in total. The second-order valence-electron chi connectivity index (χ2n) is 4.08. The van der Waals surface area contributed by atoms with Gasteiger partial charge in [-0.25, -0.2) is 0 Å². The van der Waals surface area contributed by atoms with Crippen LogP contribution in [0.25, 0.3) is 0 Å². The molecule has 1 aromatic heterocycles. The van der Waals surface area contributed by atoms with Gasteiger partial charge >= 0.3 is 0 Å². The van der Waals surface area contributed by atoms with E-state index in [1.165, 1.54) is 4.90 Å². The average molecular weight is 253 g/mol. The fourth-order valence-electron chi connectivity index (χ4n) is 1.66. The van der Waals surface area contributed by atoms with Gasteiger partial charge < -0.3 is 19.5 Å². The maximum absolute atomic E-state index is 11.8. The third-order valence-corrected chi connectivity index (χ3v) is 2.56. The molecular weight excluding hydrogens is 238 g/mol. The first-order valence-electron chi connectivity index (χ1n) is 5.76. The Kier molecular flexibility index (Phi) is 3.81. The number of rotatable bonds is 3. The van der Waals surface area contributed by atoms with Crippen molar-refractivity contribution in [3.63, 3.8) is 0 Å². The Morgan fingerprint density at radius 1 is 1.67 bits per heavy atom. The molecule has 0 unspecified atom stereocenters. The molecule has 0 atom stereocenters. The molecule has 0 aliphatic carbocycles. The molecule has 7 heteroatoms. The Labute approximate surface area is 104 Å². The van der Waals surface area contributed by atoms with Crippen LogP contribution in [0.15, 0.2) is 10.6 Å². The predicted molar refractivity (Wildman–Crippen MR) is 60.9 cm³/mol. The van der Waals surface area contributed by atoms with E-state index in [0.717, 1.165) is 6.42 Å². The minimum atomic E-state index is -0.229. The molecule has 1 saturated heterocycles. The number of amides is 2. The molecule has 98 valence electrons. The molecule has 1 aliphatic rings. The SMILES string of the molecule is Cc1cc(OCC(=O)N2CCCNC(=O)C2)no1. The van der Waals surface area contributed by atoms with Crippen molar-refractivity contribution in [3.8, 4) is 5.88 Å². The Balaban J connectivity index is 1.85. The van der Waals surface area contributed by atoms with Crippen molar-refractivity contribution in [3.05, 3.63) is 11.8 Å². The number of nitrogens with zero attached hydrogens (tertiary/aromatic N) is 2. The van der Waals surface area contributed by atoms with Crippen LogP contribution in [0.3, 0.4) is 0 Å². The number of hydrogen-bond donors (Lipinski definition) is 1. The van der Waals surface area contributed by atoms with Crippen LogP contribution < -0.4 is 10.1 Å². The van der Waals surface area contributed by atoms with E-state index in [2.05, 4.69) is 10.5 Å². The molecule has 0 saturated carbocycles. The first kappa shape index (κ1) is 12.4. The van der Waals surface area contributed by atoms with Crippen molar-refractivity contribution in [1.29, 1.82) is 0 Å². The monoisotopic (exact) mass is 253 g/mol. The lowest BCUT2D eigenvalue weighted by Crippen LogP contribution is -2.39. The van der Waals surface area contributed by atoms with Gasteiger partial charge in [-0.05, 0) is 18.5 Å². The summed E-state index contributed by atoms with van der Waals surface area (Å²) in [5, 5.41) is 6.32. The summed E-state index contributed by atoms with van der Waals surface area (Å²) in [6.07, 6.45) is 0.751. The molecule has 18 heavy (non-hydrogen) atoms. The molecule has 2 rings (SSSR count). The first-order valence-corrected chi connectivity index (χ1v) is 5.76. The van der Waals surface area contributed by atoms with Crippen LogP contribution in [0.4, 0.5) is 0 Å².